The molecule has 1 aliphatic carbocycles. The summed E-state index contributed by atoms with van der Waals surface area (Å²) in [6.45, 7) is 1.97. The van der Waals surface area contributed by atoms with Gasteiger partial charge in [0.2, 0.25) is 0 Å². The maximum Gasteiger partial charge on any atom is 0.133 e. The lowest BCUT2D eigenvalue weighted by atomic mass is 9.93. The molecule has 1 aromatic heterocycles. The van der Waals surface area contributed by atoms with E-state index in [2.05, 4.69) is 40.1 Å². The first-order chi connectivity index (χ1) is 9.13. The number of ketones is 1. The zero-order valence-electron chi connectivity index (χ0n) is 11.4. The first-order valence-electron chi connectivity index (χ1n) is 6.84. The highest BCUT2D eigenvalue weighted by atomic mass is 16.1. The van der Waals surface area contributed by atoms with Crippen molar-refractivity contribution in [1.29, 1.82) is 0 Å². The molecular weight excluding hydrogens is 238 g/mol. The topological polar surface area (TPSA) is 49.0 Å². The molecule has 0 amide bonds. The summed E-state index contributed by atoms with van der Waals surface area (Å²) in [5.74, 6) is 1.35. The lowest BCUT2D eigenvalue weighted by Gasteiger charge is -2.32. The molecule has 0 saturated heterocycles. The Balaban J connectivity index is 1.84. The molecule has 0 spiro atoms. The number of rotatable bonds is 2. The minimum absolute atomic E-state index is 0.407. The van der Waals surface area contributed by atoms with Crippen LogP contribution in [-0.2, 0) is 4.79 Å². The summed E-state index contributed by atoms with van der Waals surface area (Å²) < 4.78 is 0. The molecule has 3 rings (SSSR count). The van der Waals surface area contributed by atoms with Crippen molar-refractivity contribution in [3.05, 3.63) is 24.0 Å². The van der Waals surface area contributed by atoms with E-state index in [0.717, 1.165) is 42.5 Å². The van der Waals surface area contributed by atoms with Gasteiger partial charge in [-0.1, -0.05) is 0 Å². The first kappa shape index (κ1) is 12.2. The number of imidazole rings is 1. The molecule has 0 aliphatic heterocycles. The van der Waals surface area contributed by atoms with Crippen LogP contribution in [0.25, 0.3) is 11.0 Å². The van der Waals surface area contributed by atoms with Crippen molar-refractivity contribution in [3.63, 3.8) is 0 Å². The van der Waals surface area contributed by atoms with Gasteiger partial charge in [0.1, 0.15) is 11.6 Å². The minimum atomic E-state index is 0.407. The van der Waals surface area contributed by atoms with Gasteiger partial charge < -0.3 is 9.88 Å². The Morgan fingerprint density at radius 2 is 2.05 bits per heavy atom. The van der Waals surface area contributed by atoms with Crippen LogP contribution in [0, 0.1) is 6.92 Å². The second-order valence-electron chi connectivity index (χ2n) is 5.40. The van der Waals surface area contributed by atoms with Crippen LogP contribution in [0.2, 0.25) is 0 Å². The number of fused-ring (bicyclic) bond motifs is 1. The Morgan fingerprint density at radius 3 is 2.79 bits per heavy atom. The van der Waals surface area contributed by atoms with E-state index < -0.39 is 0 Å². The normalized spacial score (nSPS) is 17.1. The molecular formula is C15H19N3O. The summed E-state index contributed by atoms with van der Waals surface area (Å²) in [6.07, 6.45) is 3.38. The van der Waals surface area contributed by atoms with Crippen molar-refractivity contribution in [2.45, 2.75) is 38.6 Å². The van der Waals surface area contributed by atoms with E-state index in [-0.39, 0.29) is 0 Å². The molecule has 0 radical (unpaired) electrons. The van der Waals surface area contributed by atoms with E-state index in [1.807, 2.05) is 6.92 Å². The molecule has 1 aromatic carbocycles. The molecule has 2 aromatic rings. The van der Waals surface area contributed by atoms with Gasteiger partial charge in [0.25, 0.3) is 0 Å². The number of nitrogens with one attached hydrogen (secondary N) is 1. The smallest absolute Gasteiger partial charge is 0.133 e. The van der Waals surface area contributed by atoms with Crippen LogP contribution in [-0.4, -0.2) is 28.8 Å². The Bertz CT molecular complexity index is 607. The van der Waals surface area contributed by atoms with Crippen LogP contribution in [0.1, 0.15) is 31.5 Å². The van der Waals surface area contributed by atoms with Crippen LogP contribution in [0.5, 0.6) is 0 Å². The number of carbonyl (C=O) groups is 1. The average molecular weight is 257 g/mol. The summed E-state index contributed by atoms with van der Waals surface area (Å²) in [6, 6.07) is 6.78. The summed E-state index contributed by atoms with van der Waals surface area (Å²) in [5, 5.41) is 0. The zero-order valence-corrected chi connectivity index (χ0v) is 11.4. The van der Waals surface area contributed by atoms with Gasteiger partial charge in [0.15, 0.2) is 0 Å². The number of H-pyrrole nitrogens is 1. The van der Waals surface area contributed by atoms with E-state index in [1.54, 1.807) is 0 Å². The zero-order chi connectivity index (χ0) is 13.4. The Kier molecular flexibility index (Phi) is 3.01. The van der Waals surface area contributed by atoms with Gasteiger partial charge in [0, 0.05) is 31.6 Å². The molecule has 1 aliphatic rings. The standard InChI is InChI=1S/C15H19N3O/c1-10-16-14-8-5-12(9-15(14)17-10)18(2)11-3-6-13(19)7-4-11/h5,8-9,11H,3-4,6-7H2,1-2H3,(H,16,17). The predicted octanol–water partition coefficient (Wildman–Crippen LogP) is 2.82. The first-order valence-corrected chi connectivity index (χ1v) is 6.84. The Hall–Kier alpha value is -1.84. The quantitative estimate of drug-likeness (QED) is 0.900. The molecule has 1 fully saturated rings. The molecule has 19 heavy (non-hydrogen) atoms. The molecule has 1 saturated carbocycles. The molecule has 4 nitrogen and oxygen atoms in total. The van der Waals surface area contributed by atoms with Crippen molar-refractivity contribution < 1.29 is 4.79 Å². The van der Waals surface area contributed by atoms with Crippen molar-refractivity contribution in [2.24, 2.45) is 0 Å². The molecule has 0 bridgehead atoms. The number of nitrogens with zero attached hydrogens (tertiary/aromatic N) is 2. The maximum atomic E-state index is 11.3. The van der Waals surface area contributed by atoms with Crippen molar-refractivity contribution >= 4 is 22.5 Å². The number of benzene rings is 1. The largest absolute Gasteiger partial charge is 0.372 e. The van der Waals surface area contributed by atoms with Gasteiger partial charge in [-0.3, -0.25) is 4.79 Å². The van der Waals surface area contributed by atoms with Gasteiger partial charge in [0.05, 0.1) is 11.0 Å². The highest BCUT2D eigenvalue weighted by molar-refractivity contribution is 5.81. The van der Waals surface area contributed by atoms with Crippen LogP contribution >= 0.6 is 0 Å². The molecule has 100 valence electrons. The van der Waals surface area contributed by atoms with Gasteiger partial charge in [-0.15, -0.1) is 0 Å². The monoisotopic (exact) mass is 257 g/mol. The van der Waals surface area contributed by atoms with Crippen LogP contribution in [0.3, 0.4) is 0 Å². The van der Waals surface area contributed by atoms with Crippen LogP contribution < -0.4 is 4.90 Å². The minimum Gasteiger partial charge on any atom is -0.372 e. The fourth-order valence-electron chi connectivity index (χ4n) is 2.87. The third-order valence-corrected chi connectivity index (χ3v) is 4.05. The summed E-state index contributed by atoms with van der Waals surface area (Å²) >= 11 is 0. The number of Topliss-reactive ketones (excluding diaryl/α,β-unsaturated/α-hetero) is 1. The number of hydrogen-bond donors (Lipinski definition) is 1. The molecule has 1 heterocycles. The third kappa shape index (κ3) is 2.35. The van der Waals surface area contributed by atoms with Gasteiger partial charge in [-0.05, 0) is 38.0 Å². The number of aryl methyl sites for hydroxylation is 1. The van der Waals surface area contributed by atoms with Crippen molar-refractivity contribution in [3.8, 4) is 0 Å². The lowest BCUT2D eigenvalue weighted by Crippen LogP contribution is -2.35. The van der Waals surface area contributed by atoms with Crippen LogP contribution in [0.15, 0.2) is 18.2 Å². The van der Waals surface area contributed by atoms with Crippen molar-refractivity contribution in [2.75, 3.05) is 11.9 Å². The average Bonchev–Trinajstić information content (AvgIpc) is 2.77. The highest BCUT2D eigenvalue weighted by Crippen LogP contribution is 2.26. The summed E-state index contributed by atoms with van der Waals surface area (Å²) in [7, 11) is 2.12. The van der Waals surface area contributed by atoms with Gasteiger partial charge in [-0.2, -0.15) is 0 Å². The SMILES string of the molecule is Cc1nc2ccc(N(C)C3CCC(=O)CC3)cc2[nH]1. The fourth-order valence-corrected chi connectivity index (χ4v) is 2.87. The number of hydrogen-bond acceptors (Lipinski definition) is 3. The second-order valence-corrected chi connectivity index (χ2v) is 5.40. The molecule has 0 atom stereocenters. The summed E-state index contributed by atoms with van der Waals surface area (Å²) in [4.78, 5) is 21.3. The van der Waals surface area contributed by atoms with E-state index in [1.165, 1.54) is 5.69 Å². The van der Waals surface area contributed by atoms with Crippen molar-refractivity contribution in [1.82, 2.24) is 9.97 Å². The van der Waals surface area contributed by atoms with Crippen LogP contribution in [0.4, 0.5) is 5.69 Å². The van der Waals surface area contributed by atoms with Gasteiger partial charge >= 0.3 is 0 Å². The number of carbonyl (C=O) groups excluding carboxylic acids is 1. The lowest BCUT2D eigenvalue weighted by molar-refractivity contribution is -0.120. The third-order valence-electron chi connectivity index (χ3n) is 4.05. The summed E-state index contributed by atoms with van der Waals surface area (Å²) in [5.41, 5.74) is 3.28. The highest BCUT2D eigenvalue weighted by Gasteiger charge is 2.22. The molecule has 0 unspecified atom stereocenters. The van der Waals surface area contributed by atoms with E-state index in [0.29, 0.717) is 11.8 Å². The van der Waals surface area contributed by atoms with Gasteiger partial charge in [-0.25, -0.2) is 4.98 Å². The Labute approximate surface area is 112 Å². The predicted molar refractivity (Wildman–Crippen MR) is 76.5 cm³/mol. The van der Waals surface area contributed by atoms with E-state index in [9.17, 15) is 4.79 Å². The van der Waals surface area contributed by atoms with E-state index >= 15 is 0 Å². The molecule has 4 heteroatoms. The fraction of sp³-hybridized carbons (Fsp3) is 0.467. The van der Waals surface area contributed by atoms with E-state index in [4.69, 9.17) is 0 Å². The number of aromatic amines is 1. The maximum absolute atomic E-state index is 11.3. The number of aromatic nitrogens is 2. The molecule has 1 N–H and O–H groups in total. The Morgan fingerprint density at radius 1 is 1.32 bits per heavy atom. The second kappa shape index (κ2) is 4.68. The number of anilines is 1.